The van der Waals surface area contributed by atoms with Crippen molar-refractivity contribution in [1.29, 1.82) is 0 Å². The van der Waals surface area contributed by atoms with E-state index in [1.54, 1.807) is 4.57 Å². The predicted octanol–water partition coefficient (Wildman–Crippen LogP) is 1.79. The molecule has 1 aromatic rings. The van der Waals surface area contributed by atoms with Crippen LogP contribution in [0.2, 0.25) is 0 Å². The number of rotatable bonds is 1. The number of halogens is 2. The number of hydrogen-bond acceptors (Lipinski definition) is 2. The summed E-state index contributed by atoms with van der Waals surface area (Å²) in [5.41, 5.74) is 0.0220. The molecule has 13 heavy (non-hydrogen) atoms. The summed E-state index contributed by atoms with van der Waals surface area (Å²) in [7, 11) is 0. The SMILES string of the molecule is O=c1c(Br)cc(I)cn1C1COC1. The fraction of sp³-hybridized carbons (Fsp3) is 0.375. The lowest BCUT2D eigenvalue weighted by atomic mass is 10.2. The lowest BCUT2D eigenvalue weighted by Gasteiger charge is -2.28. The van der Waals surface area contributed by atoms with Gasteiger partial charge in [-0.05, 0) is 44.6 Å². The van der Waals surface area contributed by atoms with E-state index in [0.717, 1.165) is 3.57 Å². The molecule has 0 aliphatic carbocycles. The van der Waals surface area contributed by atoms with Gasteiger partial charge in [-0.2, -0.15) is 0 Å². The molecule has 1 aliphatic rings. The number of ether oxygens (including phenoxy) is 1. The Hall–Kier alpha value is 0.120. The Bertz CT molecular complexity index is 386. The summed E-state index contributed by atoms with van der Waals surface area (Å²) >= 11 is 5.43. The predicted molar refractivity (Wildman–Crippen MR) is 61.0 cm³/mol. The topological polar surface area (TPSA) is 31.2 Å². The van der Waals surface area contributed by atoms with E-state index in [2.05, 4.69) is 38.5 Å². The quantitative estimate of drug-likeness (QED) is 0.719. The van der Waals surface area contributed by atoms with Gasteiger partial charge in [0.25, 0.3) is 5.56 Å². The third-order valence-corrected chi connectivity index (χ3v) is 3.14. The highest BCUT2D eigenvalue weighted by atomic mass is 127. The van der Waals surface area contributed by atoms with Gasteiger partial charge >= 0.3 is 0 Å². The van der Waals surface area contributed by atoms with Crippen molar-refractivity contribution >= 4 is 38.5 Å². The van der Waals surface area contributed by atoms with E-state index in [-0.39, 0.29) is 11.6 Å². The smallest absolute Gasteiger partial charge is 0.265 e. The summed E-state index contributed by atoms with van der Waals surface area (Å²) < 4.78 is 8.45. The zero-order valence-electron chi connectivity index (χ0n) is 6.67. The Morgan fingerprint density at radius 1 is 1.62 bits per heavy atom. The summed E-state index contributed by atoms with van der Waals surface area (Å²) in [5.74, 6) is 0. The van der Waals surface area contributed by atoms with E-state index in [0.29, 0.717) is 17.7 Å². The van der Waals surface area contributed by atoms with Crippen molar-refractivity contribution in [2.24, 2.45) is 0 Å². The molecule has 1 fully saturated rings. The van der Waals surface area contributed by atoms with E-state index < -0.39 is 0 Å². The highest BCUT2D eigenvalue weighted by Crippen LogP contribution is 2.18. The van der Waals surface area contributed by atoms with E-state index in [4.69, 9.17) is 4.74 Å². The van der Waals surface area contributed by atoms with Crippen LogP contribution in [-0.2, 0) is 4.74 Å². The van der Waals surface area contributed by atoms with Crippen molar-refractivity contribution in [3.8, 4) is 0 Å². The molecule has 0 saturated carbocycles. The fourth-order valence-electron chi connectivity index (χ4n) is 1.19. The van der Waals surface area contributed by atoms with E-state index in [1.165, 1.54) is 0 Å². The molecule has 0 spiro atoms. The number of aromatic nitrogens is 1. The van der Waals surface area contributed by atoms with Crippen LogP contribution >= 0.6 is 38.5 Å². The number of hydrogen-bond donors (Lipinski definition) is 0. The Balaban J connectivity index is 2.49. The van der Waals surface area contributed by atoms with Crippen LogP contribution in [0.25, 0.3) is 0 Å². The maximum atomic E-state index is 11.6. The van der Waals surface area contributed by atoms with Gasteiger partial charge in [-0.25, -0.2) is 0 Å². The van der Waals surface area contributed by atoms with Gasteiger partial charge in [0, 0.05) is 9.77 Å². The molecule has 0 N–H and O–H groups in total. The Morgan fingerprint density at radius 3 is 2.85 bits per heavy atom. The molecule has 1 aliphatic heterocycles. The van der Waals surface area contributed by atoms with Crippen LogP contribution in [0.4, 0.5) is 0 Å². The lowest BCUT2D eigenvalue weighted by molar-refractivity contribution is -0.0250. The lowest BCUT2D eigenvalue weighted by Crippen LogP contribution is -2.37. The van der Waals surface area contributed by atoms with Crippen LogP contribution in [0.5, 0.6) is 0 Å². The summed E-state index contributed by atoms with van der Waals surface area (Å²) in [5, 5.41) is 0. The normalized spacial score (nSPS) is 17.1. The minimum Gasteiger partial charge on any atom is -0.377 e. The molecule has 2 heterocycles. The van der Waals surface area contributed by atoms with Gasteiger partial charge in [-0.15, -0.1) is 0 Å². The highest BCUT2D eigenvalue weighted by molar-refractivity contribution is 14.1. The average molecular weight is 356 g/mol. The van der Waals surface area contributed by atoms with Crippen LogP contribution in [0.3, 0.4) is 0 Å². The van der Waals surface area contributed by atoms with E-state index >= 15 is 0 Å². The zero-order valence-corrected chi connectivity index (χ0v) is 10.4. The molecule has 5 heteroatoms. The van der Waals surface area contributed by atoms with Gasteiger partial charge in [-0.3, -0.25) is 4.79 Å². The monoisotopic (exact) mass is 355 g/mol. The molecule has 0 unspecified atom stereocenters. The summed E-state index contributed by atoms with van der Waals surface area (Å²) in [6.45, 7) is 1.29. The summed E-state index contributed by atoms with van der Waals surface area (Å²) in [6, 6.07) is 2.04. The highest BCUT2D eigenvalue weighted by Gasteiger charge is 2.22. The molecule has 70 valence electrons. The minimum absolute atomic E-state index is 0.0220. The molecule has 0 aromatic carbocycles. The third-order valence-electron chi connectivity index (χ3n) is 1.98. The first-order chi connectivity index (χ1) is 6.18. The first-order valence-electron chi connectivity index (χ1n) is 3.83. The van der Waals surface area contributed by atoms with Gasteiger partial charge in [0.15, 0.2) is 0 Å². The van der Waals surface area contributed by atoms with Crippen molar-refractivity contribution in [2.45, 2.75) is 6.04 Å². The van der Waals surface area contributed by atoms with Crippen LogP contribution in [0.1, 0.15) is 6.04 Å². The van der Waals surface area contributed by atoms with Crippen molar-refractivity contribution < 1.29 is 4.74 Å². The largest absolute Gasteiger partial charge is 0.377 e. The Morgan fingerprint density at radius 2 is 2.31 bits per heavy atom. The molecular weight excluding hydrogens is 349 g/mol. The summed E-state index contributed by atoms with van der Waals surface area (Å²) in [4.78, 5) is 11.6. The second kappa shape index (κ2) is 3.70. The second-order valence-electron chi connectivity index (χ2n) is 2.91. The van der Waals surface area contributed by atoms with Gasteiger partial charge in [0.05, 0.1) is 23.7 Å². The number of nitrogens with zero attached hydrogens (tertiary/aromatic N) is 1. The Labute approximate surface area is 97.4 Å². The van der Waals surface area contributed by atoms with Gasteiger partial charge in [0.1, 0.15) is 0 Å². The summed E-state index contributed by atoms with van der Waals surface area (Å²) in [6.07, 6.45) is 1.86. The molecule has 1 aromatic heterocycles. The maximum absolute atomic E-state index is 11.6. The molecule has 2 rings (SSSR count). The van der Waals surface area contributed by atoms with Crippen molar-refractivity contribution in [2.75, 3.05) is 13.2 Å². The Kier molecular flexibility index (Phi) is 2.75. The first kappa shape index (κ1) is 9.67. The van der Waals surface area contributed by atoms with Crippen LogP contribution < -0.4 is 5.56 Å². The van der Waals surface area contributed by atoms with Crippen molar-refractivity contribution in [3.63, 3.8) is 0 Å². The molecule has 1 saturated heterocycles. The molecule has 0 atom stereocenters. The second-order valence-corrected chi connectivity index (χ2v) is 5.01. The fourth-order valence-corrected chi connectivity index (χ4v) is 2.68. The molecule has 3 nitrogen and oxygen atoms in total. The van der Waals surface area contributed by atoms with E-state index in [1.807, 2.05) is 12.3 Å². The standard InChI is InChI=1S/C8H7BrINO2/c9-7-1-5(10)2-11(8(7)12)6-3-13-4-6/h1-2,6H,3-4H2. The molecular formula is C8H7BrINO2. The first-order valence-corrected chi connectivity index (χ1v) is 5.70. The molecule has 0 bridgehead atoms. The molecule has 0 radical (unpaired) electrons. The van der Waals surface area contributed by atoms with Crippen molar-refractivity contribution in [1.82, 2.24) is 4.57 Å². The van der Waals surface area contributed by atoms with Crippen molar-refractivity contribution in [3.05, 3.63) is 30.7 Å². The zero-order chi connectivity index (χ0) is 9.42. The van der Waals surface area contributed by atoms with Crippen LogP contribution in [0, 0.1) is 3.57 Å². The van der Waals surface area contributed by atoms with E-state index in [9.17, 15) is 4.79 Å². The molecule has 0 amide bonds. The third kappa shape index (κ3) is 1.82. The number of pyridine rings is 1. The van der Waals surface area contributed by atoms with Crippen LogP contribution in [-0.4, -0.2) is 17.8 Å². The van der Waals surface area contributed by atoms with Gasteiger partial charge in [-0.1, -0.05) is 0 Å². The average Bonchev–Trinajstić information content (AvgIpc) is 1.95. The minimum atomic E-state index is 0.0220. The van der Waals surface area contributed by atoms with Gasteiger partial charge < -0.3 is 9.30 Å². The van der Waals surface area contributed by atoms with Crippen LogP contribution in [0.15, 0.2) is 21.5 Å². The maximum Gasteiger partial charge on any atom is 0.265 e. The van der Waals surface area contributed by atoms with Gasteiger partial charge in [0.2, 0.25) is 0 Å².